The molecule has 1 aliphatic heterocycles. The monoisotopic (exact) mass is 265 g/mol. The highest BCUT2D eigenvalue weighted by atomic mass is 32.2. The third-order valence-electron chi connectivity index (χ3n) is 2.76. The molecule has 0 aromatic carbocycles. The first-order valence-electron chi connectivity index (χ1n) is 5.86. The molecule has 1 aromatic heterocycles. The zero-order valence-corrected chi connectivity index (χ0v) is 11.1. The molecule has 0 saturated carbocycles. The van der Waals surface area contributed by atoms with Gasteiger partial charge in [0.15, 0.2) is 5.16 Å². The summed E-state index contributed by atoms with van der Waals surface area (Å²) in [5.74, 6) is 0.627. The lowest BCUT2D eigenvalue weighted by molar-refractivity contribution is -0.132. The second-order valence-corrected chi connectivity index (χ2v) is 5.19. The van der Waals surface area contributed by atoms with Gasteiger partial charge in [-0.2, -0.15) is 0 Å². The molecule has 0 aliphatic carbocycles. The number of aromatic nitrogens is 2. The lowest BCUT2D eigenvalue weighted by Gasteiger charge is -2.25. The van der Waals surface area contributed by atoms with E-state index in [1.807, 2.05) is 6.92 Å². The van der Waals surface area contributed by atoms with Crippen LogP contribution in [0.3, 0.4) is 0 Å². The van der Waals surface area contributed by atoms with Gasteiger partial charge in [0.05, 0.1) is 5.75 Å². The summed E-state index contributed by atoms with van der Waals surface area (Å²) < 4.78 is 0. The molecule has 0 N–H and O–H groups in total. The number of hydrogen-bond acceptors (Lipinski definition) is 5. The minimum atomic E-state index is 0.0525. The number of aryl methyl sites for hydroxylation is 1. The maximum Gasteiger partial charge on any atom is 0.233 e. The molecule has 6 heteroatoms. The van der Waals surface area contributed by atoms with Crippen LogP contribution in [0.5, 0.6) is 0 Å². The average molecular weight is 265 g/mol. The van der Waals surface area contributed by atoms with Gasteiger partial charge >= 0.3 is 0 Å². The number of carbonyl (C=O) groups is 2. The van der Waals surface area contributed by atoms with E-state index in [2.05, 4.69) is 9.97 Å². The molecule has 1 saturated heterocycles. The van der Waals surface area contributed by atoms with Crippen LogP contribution < -0.4 is 0 Å². The number of carbonyl (C=O) groups excluding carboxylic acids is 2. The van der Waals surface area contributed by atoms with Crippen LogP contribution >= 0.6 is 11.8 Å². The normalized spacial score (nSPS) is 15.8. The summed E-state index contributed by atoms with van der Waals surface area (Å²) in [6, 6.07) is 0. The van der Waals surface area contributed by atoms with E-state index in [0.29, 0.717) is 36.8 Å². The maximum absolute atomic E-state index is 11.9. The highest BCUT2D eigenvalue weighted by Gasteiger charge is 2.20. The first-order chi connectivity index (χ1) is 8.65. The molecule has 96 valence electrons. The van der Waals surface area contributed by atoms with E-state index in [9.17, 15) is 9.59 Å². The Morgan fingerprint density at radius 1 is 1.33 bits per heavy atom. The maximum atomic E-state index is 11.9. The Hall–Kier alpha value is -1.43. The number of piperidine rings is 1. The van der Waals surface area contributed by atoms with Crippen LogP contribution in [0.25, 0.3) is 0 Å². The summed E-state index contributed by atoms with van der Waals surface area (Å²) in [5, 5.41) is 0.613. The van der Waals surface area contributed by atoms with E-state index < -0.39 is 0 Å². The lowest BCUT2D eigenvalue weighted by atomic mass is 10.1. The predicted octanol–water partition coefficient (Wildman–Crippen LogP) is 1.07. The number of ketones is 1. The van der Waals surface area contributed by atoms with E-state index in [4.69, 9.17) is 0 Å². The van der Waals surface area contributed by atoms with Gasteiger partial charge in [-0.05, 0) is 12.5 Å². The fourth-order valence-electron chi connectivity index (χ4n) is 1.68. The zero-order valence-electron chi connectivity index (χ0n) is 10.3. The molecule has 0 radical (unpaired) electrons. The molecular formula is C12H15N3O2S. The topological polar surface area (TPSA) is 63.2 Å². The van der Waals surface area contributed by atoms with E-state index in [-0.39, 0.29) is 11.7 Å². The summed E-state index contributed by atoms with van der Waals surface area (Å²) in [6.45, 7) is 3.02. The van der Waals surface area contributed by atoms with Gasteiger partial charge in [0.2, 0.25) is 5.91 Å². The number of thioether (sulfide) groups is 1. The van der Waals surface area contributed by atoms with Gasteiger partial charge in [-0.1, -0.05) is 11.8 Å². The molecule has 1 aromatic rings. The third-order valence-corrected chi connectivity index (χ3v) is 3.62. The van der Waals surface area contributed by atoms with Crippen LogP contribution in [0.1, 0.15) is 18.4 Å². The van der Waals surface area contributed by atoms with Gasteiger partial charge in [-0.15, -0.1) is 0 Å². The molecule has 2 heterocycles. The highest BCUT2D eigenvalue weighted by molar-refractivity contribution is 7.99. The van der Waals surface area contributed by atoms with Crippen molar-refractivity contribution >= 4 is 23.5 Å². The van der Waals surface area contributed by atoms with Crippen molar-refractivity contribution in [3.8, 4) is 0 Å². The second kappa shape index (κ2) is 5.95. The standard InChI is InChI=1S/C12H15N3O2S/c1-9-6-13-12(14-7-9)18-8-11(17)15-4-2-10(16)3-5-15/h6-7H,2-5,8H2,1H3. The van der Waals surface area contributed by atoms with Crippen molar-refractivity contribution in [1.29, 1.82) is 0 Å². The first kappa shape index (κ1) is 13.0. The smallest absolute Gasteiger partial charge is 0.233 e. The van der Waals surface area contributed by atoms with Gasteiger partial charge in [0, 0.05) is 38.3 Å². The molecule has 0 unspecified atom stereocenters. The van der Waals surface area contributed by atoms with Crippen LogP contribution in [0, 0.1) is 6.92 Å². The Kier molecular flexibility index (Phi) is 4.30. The van der Waals surface area contributed by atoms with Gasteiger partial charge in [0.25, 0.3) is 0 Å². The average Bonchev–Trinajstić information content (AvgIpc) is 2.38. The SMILES string of the molecule is Cc1cnc(SCC(=O)N2CCC(=O)CC2)nc1. The lowest BCUT2D eigenvalue weighted by Crippen LogP contribution is -2.39. The van der Waals surface area contributed by atoms with Crippen molar-refractivity contribution in [3.05, 3.63) is 18.0 Å². The van der Waals surface area contributed by atoms with Crippen molar-refractivity contribution in [2.75, 3.05) is 18.8 Å². The molecule has 2 rings (SSSR count). The fourth-order valence-corrected chi connectivity index (χ4v) is 2.37. The predicted molar refractivity (Wildman–Crippen MR) is 68.3 cm³/mol. The van der Waals surface area contributed by atoms with Crippen molar-refractivity contribution in [2.24, 2.45) is 0 Å². The van der Waals surface area contributed by atoms with Crippen LogP contribution in [0.2, 0.25) is 0 Å². The number of Topliss-reactive ketones (excluding diaryl/α,β-unsaturated/α-hetero) is 1. The summed E-state index contributed by atoms with van der Waals surface area (Å²) in [4.78, 5) is 33.0. The Labute approximate surface area is 110 Å². The molecule has 1 amide bonds. The third kappa shape index (κ3) is 3.53. The first-order valence-corrected chi connectivity index (χ1v) is 6.84. The Morgan fingerprint density at radius 3 is 2.56 bits per heavy atom. The zero-order chi connectivity index (χ0) is 13.0. The van der Waals surface area contributed by atoms with E-state index in [1.54, 1.807) is 17.3 Å². The molecule has 5 nitrogen and oxygen atoms in total. The van der Waals surface area contributed by atoms with Crippen LogP contribution in [0.4, 0.5) is 0 Å². The summed E-state index contributed by atoms with van der Waals surface area (Å²) in [5.41, 5.74) is 1.00. The van der Waals surface area contributed by atoms with Gasteiger partial charge in [0.1, 0.15) is 5.78 Å². The Bertz CT molecular complexity index is 437. The molecule has 0 spiro atoms. The van der Waals surface area contributed by atoms with E-state index in [1.165, 1.54) is 11.8 Å². The second-order valence-electron chi connectivity index (χ2n) is 4.25. The van der Waals surface area contributed by atoms with Crippen molar-refractivity contribution in [3.63, 3.8) is 0 Å². The van der Waals surface area contributed by atoms with Crippen molar-refractivity contribution in [1.82, 2.24) is 14.9 Å². The molecule has 1 fully saturated rings. The summed E-state index contributed by atoms with van der Waals surface area (Å²) in [6.07, 6.45) is 4.44. The number of likely N-dealkylation sites (tertiary alicyclic amines) is 1. The number of amides is 1. The fraction of sp³-hybridized carbons (Fsp3) is 0.500. The number of hydrogen-bond donors (Lipinski definition) is 0. The summed E-state index contributed by atoms with van der Waals surface area (Å²) >= 11 is 1.33. The van der Waals surface area contributed by atoms with Crippen molar-refractivity contribution < 1.29 is 9.59 Å². The minimum absolute atomic E-state index is 0.0525. The Morgan fingerprint density at radius 2 is 1.94 bits per heavy atom. The largest absolute Gasteiger partial charge is 0.341 e. The number of rotatable bonds is 3. The van der Waals surface area contributed by atoms with E-state index >= 15 is 0 Å². The molecule has 0 atom stereocenters. The van der Waals surface area contributed by atoms with E-state index in [0.717, 1.165) is 5.56 Å². The highest BCUT2D eigenvalue weighted by Crippen LogP contribution is 2.14. The quantitative estimate of drug-likeness (QED) is 0.604. The molecule has 0 bridgehead atoms. The minimum Gasteiger partial charge on any atom is -0.341 e. The van der Waals surface area contributed by atoms with Gasteiger partial charge in [-0.3, -0.25) is 9.59 Å². The van der Waals surface area contributed by atoms with Gasteiger partial charge < -0.3 is 4.90 Å². The van der Waals surface area contributed by atoms with Gasteiger partial charge in [-0.25, -0.2) is 9.97 Å². The molecular weight excluding hydrogens is 250 g/mol. The molecule has 18 heavy (non-hydrogen) atoms. The molecule has 1 aliphatic rings. The van der Waals surface area contributed by atoms with Crippen LogP contribution in [0.15, 0.2) is 17.6 Å². The van der Waals surface area contributed by atoms with Crippen LogP contribution in [-0.2, 0) is 9.59 Å². The Balaban J connectivity index is 1.81. The van der Waals surface area contributed by atoms with Crippen LogP contribution in [-0.4, -0.2) is 45.4 Å². The van der Waals surface area contributed by atoms with Crippen molar-refractivity contribution in [2.45, 2.75) is 24.9 Å². The summed E-state index contributed by atoms with van der Waals surface area (Å²) in [7, 11) is 0. The number of nitrogens with zero attached hydrogens (tertiary/aromatic N) is 3.